The number of nitrogens with zero attached hydrogens (tertiary/aromatic N) is 1. The molecule has 2 unspecified atom stereocenters. The SMILES string of the molecule is COc1cc(C(c2sccc2C)N2CCCCC2C(=O)O)cc(OC)c1OC. The van der Waals surface area contributed by atoms with Crippen molar-refractivity contribution in [3.8, 4) is 17.2 Å². The maximum atomic E-state index is 12.0. The van der Waals surface area contributed by atoms with E-state index in [4.69, 9.17) is 14.2 Å². The minimum atomic E-state index is -0.772. The Hall–Kier alpha value is -2.25. The van der Waals surface area contributed by atoms with E-state index in [1.165, 1.54) is 0 Å². The highest BCUT2D eigenvalue weighted by atomic mass is 32.1. The van der Waals surface area contributed by atoms with Crippen molar-refractivity contribution < 1.29 is 24.1 Å². The second-order valence-corrected chi connectivity index (χ2v) is 7.86. The number of benzene rings is 1. The van der Waals surface area contributed by atoms with Gasteiger partial charge in [0.05, 0.1) is 27.4 Å². The van der Waals surface area contributed by atoms with E-state index in [0.717, 1.165) is 35.4 Å². The number of aliphatic carboxylic acids is 1. The van der Waals surface area contributed by atoms with Crippen molar-refractivity contribution >= 4 is 17.3 Å². The molecular formula is C21H27NO5S. The molecule has 152 valence electrons. The van der Waals surface area contributed by atoms with Crippen LogP contribution in [0.5, 0.6) is 17.2 Å². The molecule has 1 saturated heterocycles. The third-order valence-electron chi connectivity index (χ3n) is 5.31. The van der Waals surface area contributed by atoms with Gasteiger partial charge in [0.1, 0.15) is 6.04 Å². The summed E-state index contributed by atoms with van der Waals surface area (Å²) in [6, 6.07) is 5.23. The fourth-order valence-electron chi connectivity index (χ4n) is 3.95. The van der Waals surface area contributed by atoms with Crippen molar-refractivity contribution in [1.29, 1.82) is 0 Å². The number of carbonyl (C=O) groups is 1. The summed E-state index contributed by atoms with van der Waals surface area (Å²) in [5.41, 5.74) is 2.09. The first-order valence-corrected chi connectivity index (χ1v) is 10.2. The minimum Gasteiger partial charge on any atom is -0.493 e. The van der Waals surface area contributed by atoms with Gasteiger partial charge in [0.15, 0.2) is 11.5 Å². The normalized spacial score (nSPS) is 18.5. The Labute approximate surface area is 169 Å². The van der Waals surface area contributed by atoms with Crippen molar-refractivity contribution in [2.24, 2.45) is 0 Å². The molecule has 1 aromatic heterocycles. The molecule has 3 rings (SSSR count). The molecule has 0 aliphatic carbocycles. The average Bonchev–Trinajstić information content (AvgIpc) is 3.13. The molecule has 0 saturated carbocycles. The van der Waals surface area contributed by atoms with Gasteiger partial charge in [-0.2, -0.15) is 0 Å². The van der Waals surface area contributed by atoms with E-state index in [9.17, 15) is 9.90 Å². The molecule has 1 fully saturated rings. The Morgan fingerprint density at radius 1 is 1.18 bits per heavy atom. The summed E-state index contributed by atoms with van der Waals surface area (Å²) in [6.07, 6.45) is 2.56. The topological polar surface area (TPSA) is 68.2 Å². The van der Waals surface area contributed by atoms with Crippen LogP contribution in [0.2, 0.25) is 0 Å². The number of ether oxygens (including phenoxy) is 3. The number of likely N-dealkylation sites (tertiary alicyclic amines) is 1. The van der Waals surface area contributed by atoms with Crippen LogP contribution >= 0.6 is 11.3 Å². The lowest BCUT2D eigenvalue weighted by Crippen LogP contribution is -2.46. The van der Waals surface area contributed by atoms with Gasteiger partial charge in [-0.05, 0) is 61.0 Å². The highest BCUT2D eigenvalue weighted by molar-refractivity contribution is 7.10. The van der Waals surface area contributed by atoms with Gasteiger partial charge >= 0.3 is 5.97 Å². The molecule has 1 N–H and O–H groups in total. The number of carboxylic acids is 1. The Morgan fingerprint density at radius 2 is 1.86 bits per heavy atom. The summed E-state index contributed by atoms with van der Waals surface area (Å²) >= 11 is 1.65. The van der Waals surface area contributed by atoms with Gasteiger partial charge < -0.3 is 19.3 Å². The molecule has 0 bridgehead atoms. The highest BCUT2D eigenvalue weighted by Crippen LogP contribution is 2.45. The molecular weight excluding hydrogens is 378 g/mol. The van der Waals surface area contributed by atoms with Crippen molar-refractivity contribution in [3.05, 3.63) is 39.6 Å². The van der Waals surface area contributed by atoms with Gasteiger partial charge in [-0.25, -0.2) is 0 Å². The molecule has 6 nitrogen and oxygen atoms in total. The Bertz CT molecular complexity index is 809. The van der Waals surface area contributed by atoms with Gasteiger partial charge in [0, 0.05) is 4.88 Å². The summed E-state index contributed by atoms with van der Waals surface area (Å²) in [4.78, 5) is 15.2. The van der Waals surface area contributed by atoms with Crippen LogP contribution in [-0.4, -0.2) is 49.9 Å². The number of hydrogen-bond donors (Lipinski definition) is 1. The van der Waals surface area contributed by atoms with Gasteiger partial charge in [0.2, 0.25) is 5.75 Å². The maximum absolute atomic E-state index is 12.0. The van der Waals surface area contributed by atoms with Crippen molar-refractivity contribution in [2.45, 2.75) is 38.3 Å². The van der Waals surface area contributed by atoms with Crippen LogP contribution in [0.25, 0.3) is 0 Å². The van der Waals surface area contributed by atoms with Crippen LogP contribution < -0.4 is 14.2 Å². The Morgan fingerprint density at radius 3 is 2.36 bits per heavy atom. The molecule has 0 radical (unpaired) electrons. The lowest BCUT2D eigenvalue weighted by Gasteiger charge is -2.39. The fourth-order valence-corrected chi connectivity index (χ4v) is 5.02. The molecule has 7 heteroatoms. The number of piperidine rings is 1. The van der Waals surface area contributed by atoms with Crippen molar-refractivity contribution in [1.82, 2.24) is 4.90 Å². The van der Waals surface area contributed by atoms with E-state index in [-0.39, 0.29) is 6.04 Å². The van der Waals surface area contributed by atoms with E-state index in [1.54, 1.807) is 32.7 Å². The molecule has 2 atom stereocenters. The summed E-state index contributed by atoms with van der Waals surface area (Å²) in [5.74, 6) is 0.898. The lowest BCUT2D eigenvalue weighted by molar-refractivity contribution is -0.145. The smallest absolute Gasteiger partial charge is 0.320 e. The number of methoxy groups -OCH3 is 3. The van der Waals surface area contributed by atoms with E-state index in [2.05, 4.69) is 23.3 Å². The van der Waals surface area contributed by atoms with E-state index >= 15 is 0 Å². The van der Waals surface area contributed by atoms with Crippen LogP contribution in [0.15, 0.2) is 23.6 Å². The number of hydrogen-bond acceptors (Lipinski definition) is 6. The molecule has 1 aromatic carbocycles. The minimum absolute atomic E-state index is 0.185. The van der Waals surface area contributed by atoms with Gasteiger partial charge in [-0.15, -0.1) is 11.3 Å². The largest absolute Gasteiger partial charge is 0.493 e. The Kier molecular flexibility index (Phi) is 6.46. The molecule has 1 aliphatic heterocycles. The summed E-state index contributed by atoms with van der Waals surface area (Å²) in [7, 11) is 4.76. The van der Waals surface area contributed by atoms with Crippen LogP contribution in [0.1, 0.15) is 41.3 Å². The van der Waals surface area contributed by atoms with Gasteiger partial charge in [-0.1, -0.05) is 6.42 Å². The van der Waals surface area contributed by atoms with Crippen molar-refractivity contribution in [3.63, 3.8) is 0 Å². The molecule has 2 heterocycles. The molecule has 2 aromatic rings. The monoisotopic (exact) mass is 405 g/mol. The zero-order chi connectivity index (χ0) is 20.3. The second-order valence-electron chi connectivity index (χ2n) is 6.92. The zero-order valence-electron chi connectivity index (χ0n) is 16.7. The fraction of sp³-hybridized carbons (Fsp3) is 0.476. The quantitative estimate of drug-likeness (QED) is 0.748. The van der Waals surface area contributed by atoms with Crippen LogP contribution in [0.3, 0.4) is 0 Å². The van der Waals surface area contributed by atoms with Crippen molar-refractivity contribution in [2.75, 3.05) is 27.9 Å². The summed E-state index contributed by atoms with van der Waals surface area (Å²) in [5, 5.41) is 11.9. The predicted molar refractivity (Wildman–Crippen MR) is 109 cm³/mol. The average molecular weight is 406 g/mol. The Balaban J connectivity index is 2.18. The van der Waals surface area contributed by atoms with Gasteiger partial charge in [-0.3, -0.25) is 9.69 Å². The van der Waals surface area contributed by atoms with E-state index in [0.29, 0.717) is 23.7 Å². The molecule has 1 aliphatic rings. The molecule has 28 heavy (non-hydrogen) atoms. The first-order valence-electron chi connectivity index (χ1n) is 9.34. The number of rotatable bonds is 7. The summed E-state index contributed by atoms with van der Waals surface area (Å²) in [6.45, 7) is 2.80. The predicted octanol–water partition coefficient (Wildman–Crippen LogP) is 4.11. The first-order chi connectivity index (χ1) is 13.5. The van der Waals surface area contributed by atoms with Gasteiger partial charge in [0.25, 0.3) is 0 Å². The second kappa shape index (κ2) is 8.84. The molecule has 0 amide bonds. The highest BCUT2D eigenvalue weighted by Gasteiger charge is 2.37. The first kappa shape index (κ1) is 20.5. The van der Waals surface area contributed by atoms with E-state index < -0.39 is 12.0 Å². The number of carboxylic acid groups (broad SMARTS) is 1. The third kappa shape index (κ3) is 3.82. The number of thiophene rings is 1. The third-order valence-corrected chi connectivity index (χ3v) is 6.39. The number of aryl methyl sites for hydroxylation is 1. The maximum Gasteiger partial charge on any atom is 0.320 e. The standard InChI is InChI=1S/C21H27NO5S/c1-13-8-10-28-20(13)18(22-9-6-5-7-15(22)21(23)24)14-11-16(25-2)19(27-4)17(12-14)26-3/h8,10-12,15,18H,5-7,9H2,1-4H3,(H,23,24). The lowest BCUT2D eigenvalue weighted by atomic mass is 9.93. The zero-order valence-corrected chi connectivity index (χ0v) is 17.5. The summed E-state index contributed by atoms with van der Waals surface area (Å²) < 4.78 is 16.5. The molecule has 0 spiro atoms. The van der Waals surface area contributed by atoms with Crippen LogP contribution in [-0.2, 0) is 4.79 Å². The van der Waals surface area contributed by atoms with Crippen LogP contribution in [0, 0.1) is 6.92 Å². The van der Waals surface area contributed by atoms with E-state index in [1.807, 2.05) is 12.1 Å². The van der Waals surface area contributed by atoms with Crippen LogP contribution in [0.4, 0.5) is 0 Å².